The average Bonchev–Trinajstić information content (AvgIpc) is 3.37. The van der Waals surface area contributed by atoms with Gasteiger partial charge in [-0.3, -0.25) is 14.5 Å². The zero-order valence-corrected chi connectivity index (χ0v) is 24.4. The Morgan fingerprint density at radius 1 is 1.12 bits per heavy atom. The predicted octanol–water partition coefficient (Wildman–Crippen LogP) is 5.49. The molecule has 0 saturated carbocycles. The van der Waals surface area contributed by atoms with Crippen LogP contribution in [0.1, 0.15) is 22.5 Å². The predicted molar refractivity (Wildman–Crippen MR) is 167 cm³/mol. The van der Waals surface area contributed by atoms with Crippen LogP contribution in [-0.4, -0.2) is 72.4 Å². The van der Waals surface area contributed by atoms with E-state index in [-0.39, 0.29) is 23.9 Å². The van der Waals surface area contributed by atoms with E-state index < -0.39 is 0 Å². The summed E-state index contributed by atoms with van der Waals surface area (Å²) < 4.78 is 0. The monoisotopic (exact) mass is 580 g/mol. The zero-order valence-electron chi connectivity index (χ0n) is 23.5. The molecule has 6 rings (SSSR count). The number of nitrogens with zero attached hydrogens (tertiary/aromatic N) is 4. The van der Waals surface area contributed by atoms with Gasteiger partial charge in [-0.1, -0.05) is 48.5 Å². The third kappa shape index (κ3) is 5.50. The number of likely N-dealkylation sites (tertiary alicyclic amines) is 1. The molecule has 4 aromatic rings. The molecule has 42 heavy (non-hydrogen) atoms. The Morgan fingerprint density at radius 3 is 2.74 bits per heavy atom. The van der Waals surface area contributed by atoms with Crippen molar-refractivity contribution in [3.63, 3.8) is 0 Å². The number of rotatable bonds is 7. The normalized spacial score (nSPS) is 16.7. The van der Waals surface area contributed by atoms with Crippen LogP contribution in [0, 0.1) is 0 Å². The van der Waals surface area contributed by atoms with Crippen LogP contribution in [-0.2, 0) is 4.79 Å². The Hall–Kier alpha value is -4.54. The summed E-state index contributed by atoms with van der Waals surface area (Å²) in [6.45, 7) is 1.79. The zero-order chi connectivity index (χ0) is 29.2. The first kappa shape index (κ1) is 27.6. The Labute approximate surface area is 248 Å². The molecule has 1 atom stereocenters. The highest BCUT2D eigenvalue weighted by Crippen LogP contribution is 2.46. The smallest absolute Gasteiger partial charge is 0.331 e. The van der Waals surface area contributed by atoms with Crippen molar-refractivity contribution in [3.05, 3.63) is 83.9 Å². The van der Waals surface area contributed by atoms with E-state index in [9.17, 15) is 14.4 Å². The van der Waals surface area contributed by atoms with Crippen molar-refractivity contribution in [2.24, 2.45) is 0 Å². The molecule has 2 aromatic carbocycles. The van der Waals surface area contributed by atoms with Gasteiger partial charge in [0, 0.05) is 37.9 Å². The van der Waals surface area contributed by atoms with Gasteiger partial charge in [0.25, 0.3) is 5.91 Å². The highest BCUT2D eigenvalue weighted by molar-refractivity contribution is 7.21. The van der Waals surface area contributed by atoms with Gasteiger partial charge in [-0.15, -0.1) is 11.3 Å². The summed E-state index contributed by atoms with van der Waals surface area (Å²) >= 11 is 1.26. The first-order valence-corrected chi connectivity index (χ1v) is 14.8. The lowest BCUT2D eigenvalue weighted by atomic mass is 10.0. The van der Waals surface area contributed by atoms with Gasteiger partial charge in [-0.25, -0.2) is 9.78 Å². The first-order chi connectivity index (χ1) is 20.4. The van der Waals surface area contributed by atoms with Gasteiger partial charge in [0.05, 0.1) is 22.4 Å². The minimum atomic E-state index is -0.341. The largest absolute Gasteiger partial charge is 0.347 e. The Balaban J connectivity index is 1.25. The van der Waals surface area contributed by atoms with Crippen molar-refractivity contribution < 1.29 is 14.4 Å². The molecule has 0 bridgehead atoms. The fraction of sp³-hybridized carbons (Fsp3) is 0.250. The number of urea groups is 1. The summed E-state index contributed by atoms with van der Waals surface area (Å²) in [6, 6.07) is 19.1. The fourth-order valence-electron chi connectivity index (χ4n) is 5.47. The van der Waals surface area contributed by atoms with Crippen molar-refractivity contribution in [3.8, 4) is 11.1 Å². The van der Waals surface area contributed by atoms with E-state index >= 15 is 0 Å². The molecule has 1 saturated heterocycles. The highest BCUT2D eigenvalue weighted by atomic mass is 32.1. The molecule has 9 nitrogen and oxygen atoms in total. The van der Waals surface area contributed by atoms with Gasteiger partial charge in [0.1, 0.15) is 9.71 Å². The topological polar surface area (TPSA) is 97.9 Å². The number of pyridine rings is 1. The van der Waals surface area contributed by atoms with Crippen molar-refractivity contribution >= 4 is 56.5 Å². The van der Waals surface area contributed by atoms with Crippen molar-refractivity contribution in [2.45, 2.75) is 18.9 Å². The number of likely N-dealkylation sites (N-methyl/N-ethyl adjacent to an activating group) is 1. The Morgan fingerprint density at radius 2 is 1.93 bits per heavy atom. The van der Waals surface area contributed by atoms with Crippen LogP contribution in [0.3, 0.4) is 0 Å². The third-order valence-corrected chi connectivity index (χ3v) is 8.56. The van der Waals surface area contributed by atoms with E-state index in [1.165, 1.54) is 11.3 Å². The van der Waals surface area contributed by atoms with E-state index in [1.807, 2.05) is 85.7 Å². The Kier molecular flexibility index (Phi) is 7.73. The first-order valence-electron chi connectivity index (χ1n) is 14.0. The maximum atomic E-state index is 13.6. The van der Waals surface area contributed by atoms with Gasteiger partial charge in [0.2, 0.25) is 5.91 Å². The van der Waals surface area contributed by atoms with Crippen LogP contribution in [0.5, 0.6) is 0 Å². The standard InChI is InChI=1S/C32H32N6O3S/c1-36(2)17-8-14-26(39)37-18-7-12-23(20-37)34-30(40)29-28-27-25(15-16-33-31(27)42-29)38(32(41)35-28)24-13-6-11-22(19-24)21-9-4-3-5-10-21/h3-6,8-11,13-16,19,23H,7,12,17-18,20H2,1-2H3,(H,34,40)(H,35,41)/b14-8+. The van der Waals surface area contributed by atoms with Gasteiger partial charge in [0.15, 0.2) is 0 Å². The van der Waals surface area contributed by atoms with Gasteiger partial charge in [-0.05, 0) is 56.3 Å². The van der Waals surface area contributed by atoms with Crippen LogP contribution in [0.4, 0.5) is 21.9 Å². The third-order valence-electron chi connectivity index (χ3n) is 7.46. The van der Waals surface area contributed by atoms with Gasteiger partial charge < -0.3 is 20.4 Å². The van der Waals surface area contributed by atoms with Gasteiger partial charge >= 0.3 is 6.03 Å². The number of amides is 4. The summed E-state index contributed by atoms with van der Waals surface area (Å²) in [5, 5.41) is 6.83. The van der Waals surface area contributed by atoms with E-state index in [4.69, 9.17) is 0 Å². The molecule has 2 aromatic heterocycles. The molecule has 1 unspecified atom stereocenters. The molecule has 0 radical (unpaired) electrons. The van der Waals surface area contributed by atoms with Crippen LogP contribution in [0.25, 0.3) is 21.3 Å². The number of hydrogen-bond acceptors (Lipinski definition) is 6. The average molecular weight is 581 g/mol. The number of carbonyl (C=O) groups is 3. The number of thiophene rings is 1. The van der Waals surface area contributed by atoms with Crippen LogP contribution < -0.4 is 15.5 Å². The minimum Gasteiger partial charge on any atom is -0.347 e. The molecule has 0 spiro atoms. The molecular formula is C32H32N6O3S. The maximum absolute atomic E-state index is 13.6. The van der Waals surface area contributed by atoms with E-state index in [2.05, 4.69) is 15.6 Å². The number of hydrogen-bond donors (Lipinski definition) is 2. The quantitative estimate of drug-likeness (QED) is 0.282. The van der Waals surface area contributed by atoms with E-state index in [0.717, 1.165) is 35.0 Å². The summed E-state index contributed by atoms with van der Waals surface area (Å²) in [7, 11) is 3.90. The fourth-order valence-corrected chi connectivity index (χ4v) is 6.49. The number of nitrogens with one attached hydrogen (secondary N) is 2. The molecule has 2 N–H and O–H groups in total. The number of aromatic nitrogens is 1. The number of benzene rings is 2. The Bertz CT molecular complexity index is 1680. The summed E-state index contributed by atoms with van der Waals surface area (Å²) in [4.78, 5) is 50.8. The lowest BCUT2D eigenvalue weighted by molar-refractivity contribution is -0.127. The molecular weight excluding hydrogens is 548 g/mol. The molecule has 10 heteroatoms. The lowest BCUT2D eigenvalue weighted by Gasteiger charge is -2.32. The minimum absolute atomic E-state index is 0.0507. The summed E-state index contributed by atoms with van der Waals surface area (Å²) in [5.74, 6) is -0.327. The van der Waals surface area contributed by atoms with Gasteiger partial charge in [-0.2, -0.15) is 0 Å². The van der Waals surface area contributed by atoms with Crippen LogP contribution >= 0.6 is 11.3 Å². The maximum Gasteiger partial charge on any atom is 0.331 e. The molecule has 2 aliphatic rings. The second-order valence-electron chi connectivity index (χ2n) is 10.8. The molecule has 4 amide bonds. The summed E-state index contributed by atoms with van der Waals surface area (Å²) in [5.41, 5.74) is 3.93. The van der Waals surface area contributed by atoms with Crippen molar-refractivity contribution in [2.75, 3.05) is 43.9 Å². The molecule has 4 heterocycles. The second-order valence-corrected chi connectivity index (χ2v) is 11.8. The molecule has 2 aliphatic heterocycles. The second kappa shape index (κ2) is 11.8. The van der Waals surface area contributed by atoms with Crippen LogP contribution in [0.2, 0.25) is 0 Å². The van der Waals surface area contributed by atoms with E-state index in [1.54, 1.807) is 22.1 Å². The lowest BCUT2D eigenvalue weighted by Crippen LogP contribution is -2.49. The molecule has 0 aliphatic carbocycles. The van der Waals surface area contributed by atoms with Crippen molar-refractivity contribution in [1.82, 2.24) is 20.1 Å². The number of carbonyl (C=O) groups excluding carboxylic acids is 3. The number of anilines is 3. The SMILES string of the molecule is CN(C)C/C=C/C(=O)N1CCCC(NC(=O)c2sc3nccc4c3c2NC(=O)N4c2cccc(-c3ccccc3)c2)C1. The van der Waals surface area contributed by atoms with Crippen LogP contribution in [0.15, 0.2) is 79.0 Å². The van der Waals surface area contributed by atoms with E-state index in [0.29, 0.717) is 40.7 Å². The molecule has 1 fully saturated rings. The highest BCUT2D eigenvalue weighted by Gasteiger charge is 2.34. The number of piperidine rings is 1. The molecule has 214 valence electrons. The van der Waals surface area contributed by atoms with Crippen molar-refractivity contribution in [1.29, 1.82) is 0 Å². The summed E-state index contributed by atoms with van der Waals surface area (Å²) in [6.07, 6.45) is 6.70.